The summed E-state index contributed by atoms with van der Waals surface area (Å²) in [4.78, 5) is 0. The molecule has 0 amide bonds. The molecular formula is C20H28Cl2N2O2S. The van der Waals surface area contributed by atoms with Crippen LogP contribution in [0.2, 0.25) is 10.0 Å². The van der Waals surface area contributed by atoms with Crippen LogP contribution in [-0.2, 0) is 11.0 Å². The van der Waals surface area contributed by atoms with Gasteiger partial charge in [0.15, 0.2) is 0 Å². The molecule has 2 fully saturated rings. The third-order valence-electron chi connectivity index (χ3n) is 5.38. The molecule has 0 spiro atoms. The summed E-state index contributed by atoms with van der Waals surface area (Å²) in [6, 6.07) is 4.03. The number of fused-ring (bicyclic) bond motifs is 2. The van der Waals surface area contributed by atoms with Crippen LogP contribution in [-0.4, -0.2) is 28.1 Å². The minimum absolute atomic E-state index is 0.114. The lowest BCUT2D eigenvalue weighted by atomic mass is 9.84. The lowest BCUT2D eigenvalue weighted by Crippen LogP contribution is -2.42. The number of benzene rings is 1. The summed E-state index contributed by atoms with van der Waals surface area (Å²) in [5.41, 5.74) is 0.918. The van der Waals surface area contributed by atoms with Crippen LogP contribution in [0.25, 0.3) is 0 Å². The van der Waals surface area contributed by atoms with Gasteiger partial charge in [0.2, 0.25) is 0 Å². The second-order valence-electron chi connectivity index (χ2n) is 8.38. The van der Waals surface area contributed by atoms with Gasteiger partial charge in [-0.25, -0.2) is 8.93 Å². The zero-order chi connectivity index (χ0) is 19.8. The highest BCUT2D eigenvalue weighted by Crippen LogP contribution is 2.47. The zero-order valence-electron chi connectivity index (χ0n) is 16.1. The number of ether oxygens (including phenoxy) is 1. The van der Waals surface area contributed by atoms with E-state index in [9.17, 15) is 4.21 Å². The topological polar surface area (TPSA) is 50.4 Å². The number of hydrogen-bond acceptors (Lipinski definition) is 3. The van der Waals surface area contributed by atoms with Gasteiger partial charge in [-0.15, -0.1) is 0 Å². The van der Waals surface area contributed by atoms with Crippen LogP contribution in [0.4, 0.5) is 0 Å². The molecule has 2 bridgehead atoms. The number of halogens is 2. The fourth-order valence-corrected chi connectivity index (χ4v) is 5.23. The normalized spacial score (nSPS) is 26.8. The van der Waals surface area contributed by atoms with Gasteiger partial charge in [0.05, 0.1) is 31.8 Å². The van der Waals surface area contributed by atoms with Crippen molar-refractivity contribution in [2.75, 3.05) is 13.2 Å². The molecule has 1 saturated heterocycles. The molecule has 1 aliphatic heterocycles. The van der Waals surface area contributed by atoms with Crippen LogP contribution in [0.15, 0.2) is 24.8 Å². The summed E-state index contributed by atoms with van der Waals surface area (Å²) in [6.07, 6.45) is 3.91. The van der Waals surface area contributed by atoms with Crippen LogP contribution in [0, 0.1) is 11.8 Å². The van der Waals surface area contributed by atoms with Gasteiger partial charge < -0.3 is 10.1 Å². The molecule has 3 rings (SSSR count). The van der Waals surface area contributed by atoms with Crippen LogP contribution in [0.3, 0.4) is 0 Å². The summed E-state index contributed by atoms with van der Waals surface area (Å²) in [5, 5.41) is 4.48. The van der Waals surface area contributed by atoms with Crippen molar-refractivity contribution in [1.82, 2.24) is 10.0 Å². The van der Waals surface area contributed by atoms with Gasteiger partial charge in [-0.3, -0.25) is 0 Å². The second-order valence-corrected chi connectivity index (χ2v) is 11.2. The molecular weight excluding hydrogens is 403 g/mol. The molecule has 1 saturated carbocycles. The van der Waals surface area contributed by atoms with E-state index in [0.717, 1.165) is 24.9 Å². The van der Waals surface area contributed by atoms with Crippen molar-refractivity contribution in [2.45, 2.75) is 50.4 Å². The first-order chi connectivity index (χ1) is 12.7. The van der Waals surface area contributed by atoms with E-state index in [4.69, 9.17) is 27.9 Å². The Bertz CT molecular complexity index is 735. The van der Waals surface area contributed by atoms with Crippen LogP contribution in [0.5, 0.6) is 5.75 Å². The largest absolute Gasteiger partial charge is 0.489 e. The molecule has 1 aliphatic carbocycles. The first-order valence-corrected chi connectivity index (χ1v) is 11.3. The maximum atomic E-state index is 13.0. The van der Waals surface area contributed by atoms with Crippen LogP contribution < -0.4 is 14.8 Å². The molecule has 7 heteroatoms. The third-order valence-corrected chi connectivity index (χ3v) is 7.68. The van der Waals surface area contributed by atoms with Crippen LogP contribution >= 0.6 is 23.2 Å². The van der Waals surface area contributed by atoms with E-state index in [1.54, 1.807) is 12.1 Å². The quantitative estimate of drug-likeness (QED) is 0.618. The van der Waals surface area contributed by atoms with Crippen molar-refractivity contribution >= 4 is 34.2 Å². The van der Waals surface area contributed by atoms with E-state index in [2.05, 4.69) is 16.6 Å². The lowest BCUT2D eigenvalue weighted by molar-refractivity contribution is 0.276. The second kappa shape index (κ2) is 8.42. The summed E-state index contributed by atoms with van der Waals surface area (Å²) in [7, 11) is -1.21. The fourth-order valence-electron chi connectivity index (χ4n) is 4.02. The Labute approximate surface area is 174 Å². The molecule has 0 aromatic heterocycles. The highest BCUT2D eigenvalue weighted by molar-refractivity contribution is 7.84. The molecule has 5 unspecified atom stereocenters. The monoisotopic (exact) mass is 430 g/mol. The predicted octanol–water partition coefficient (Wildman–Crippen LogP) is 4.65. The van der Waals surface area contributed by atoms with E-state index in [1.807, 2.05) is 26.8 Å². The highest BCUT2D eigenvalue weighted by atomic mass is 35.5. The molecule has 2 N–H and O–H groups in total. The van der Waals surface area contributed by atoms with E-state index in [-0.39, 0.29) is 10.8 Å². The number of rotatable bonds is 7. The summed E-state index contributed by atoms with van der Waals surface area (Å²) >= 11 is 12.6. The van der Waals surface area contributed by atoms with E-state index < -0.39 is 11.0 Å². The van der Waals surface area contributed by atoms with Gasteiger partial charge in [0.1, 0.15) is 12.4 Å². The summed E-state index contributed by atoms with van der Waals surface area (Å²) in [6.45, 7) is 11.0. The summed E-state index contributed by atoms with van der Waals surface area (Å²) < 4.78 is 21.9. The Morgan fingerprint density at radius 3 is 2.63 bits per heavy atom. The fraction of sp³-hybridized carbons (Fsp3) is 0.600. The number of hydrogen-bond donors (Lipinski definition) is 2. The maximum Gasteiger partial charge on any atom is 0.126 e. The smallest absolute Gasteiger partial charge is 0.126 e. The standard InChI is InChI=1S/C20H28Cl2N2O2S/c1-5-6-26-18-10-17(22)16(21)9-15(18)19(24-27(25)20(2,3)4)14-8-13-7-12(14)11-23-13/h5,9-10,12-14,19,23-24H,1,6-8,11H2,2-4H3. The van der Waals surface area contributed by atoms with Crippen LogP contribution in [0.1, 0.15) is 45.2 Å². The molecule has 4 nitrogen and oxygen atoms in total. The van der Waals surface area contributed by atoms with Crippen molar-refractivity contribution in [3.05, 3.63) is 40.4 Å². The molecule has 27 heavy (non-hydrogen) atoms. The predicted molar refractivity (Wildman–Crippen MR) is 114 cm³/mol. The van der Waals surface area contributed by atoms with Crippen molar-refractivity contribution < 1.29 is 8.95 Å². The van der Waals surface area contributed by atoms with Gasteiger partial charge >= 0.3 is 0 Å². The molecule has 1 aromatic carbocycles. The van der Waals surface area contributed by atoms with E-state index in [0.29, 0.717) is 40.3 Å². The molecule has 1 aromatic rings. The Balaban J connectivity index is 2.00. The molecule has 1 heterocycles. The van der Waals surface area contributed by atoms with Gasteiger partial charge in [-0.2, -0.15) is 0 Å². The molecule has 0 radical (unpaired) electrons. The van der Waals surface area contributed by atoms with Crippen molar-refractivity contribution in [2.24, 2.45) is 11.8 Å². The number of nitrogens with one attached hydrogen (secondary N) is 2. The average Bonchev–Trinajstić information content (AvgIpc) is 3.22. The highest BCUT2D eigenvalue weighted by Gasteiger charge is 2.45. The van der Waals surface area contributed by atoms with E-state index >= 15 is 0 Å². The SMILES string of the molecule is C=CCOc1cc(Cl)c(Cl)cc1C(NS(=O)C(C)(C)C)C1CC2CC1CN2. The molecule has 150 valence electrons. The lowest BCUT2D eigenvalue weighted by Gasteiger charge is -2.34. The Morgan fingerprint density at radius 1 is 1.37 bits per heavy atom. The van der Waals surface area contributed by atoms with Crippen molar-refractivity contribution in [3.63, 3.8) is 0 Å². The van der Waals surface area contributed by atoms with Crippen molar-refractivity contribution in [3.8, 4) is 5.75 Å². The summed E-state index contributed by atoms with van der Waals surface area (Å²) in [5.74, 6) is 1.58. The zero-order valence-corrected chi connectivity index (χ0v) is 18.4. The first kappa shape index (κ1) is 21.1. The Kier molecular flexibility index (Phi) is 6.59. The minimum Gasteiger partial charge on any atom is -0.489 e. The Hall–Kier alpha value is -0.590. The Morgan fingerprint density at radius 2 is 2.07 bits per heavy atom. The number of piperidine rings is 1. The van der Waals surface area contributed by atoms with Gasteiger partial charge in [0.25, 0.3) is 0 Å². The minimum atomic E-state index is -1.21. The molecule has 2 aliphatic rings. The first-order valence-electron chi connectivity index (χ1n) is 9.34. The van der Waals surface area contributed by atoms with Gasteiger partial charge in [0, 0.05) is 17.7 Å². The third kappa shape index (κ3) is 4.70. The van der Waals surface area contributed by atoms with Gasteiger partial charge in [-0.05, 0) is 58.1 Å². The van der Waals surface area contributed by atoms with Gasteiger partial charge in [-0.1, -0.05) is 35.9 Å². The molecule has 5 atom stereocenters. The van der Waals surface area contributed by atoms with E-state index in [1.165, 1.54) is 0 Å². The average molecular weight is 431 g/mol. The maximum absolute atomic E-state index is 13.0. The van der Waals surface area contributed by atoms with Crippen molar-refractivity contribution in [1.29, 1.82) is 0 Å².